The number of rotatable bonds is 6. The highest BCUT2D eigenvalue weighted by Crippen LogP contribution is 2.41. The zero-order valence-corrected chi connectivity index (χ0v) is 13.6. The Hall–Kier alpha value is -2.97. The Bertz CT molecular complexity index is 721. The first kappa shape index (κ1) is 18.4. The first-order valence-corrected chi connectivity index (χ1v) is 6.94. The normalized spacial score (nSPS) is 11.4. The van der Waals surface area contributed by atoms with Gasteiger partial charge in [-0.05, 0) is 24.3 Å². The minimum absolute atomic E-state index is 0.334. The van der Waals surface area contributed by atoms with Gasteiger partial charge in [0.15, 0.2) is 11.5 Å². The molecule has 0 spiro atoms. The molecule has 2 rings (SSSR count). The fourth-order valence-electron chi connectivity index (χ4n) is 1.95. The van der Waals surface area contributed by atoms with E-state index >= 15 is 0 Å². The van der Waals surface area contributed by atoms with Gasteiger partial charge in [-0.2, -0.15) is 10.2 Å². The Morgan fingerprint density at radius 2 is 1.28 bits per heavy atom. The van der Waals surface area contributed by atoms with Gasteiger partial charge in [-0.1, -0.05) is 0 Å². The van der Waals surface area contributed by atoms with Crippen LogP contribution in [0.4, 0.5) is 24.5 Å². The maximum atomic E-state index is 12.1. The SMILES string of the molecule is COc1cc(N=Nc2ccc(OC(F)(F)F)cc2)cc(OC)c1OC. The third kappa shape index (κ3) is 5.00. The van der Waals surface area contributed by atoms with Gasteiger partial charge in [0.05, 0.1) is 32.7 Å². The van der Waals surface area contributed by atoms with Gasteiger partial charge in [-0.15, -0.1) is 13.2 Å². The first-order valence-electron chi connectivity index (χ1n) is 6.94. The summed E-state index contributed by atoms with van der Waals surface area (Å²) in [5.74, 6) is 0.895. The Balaban J connectivity index is 2.21. The number of nitrogens with zero attached hydrogens (tertiary/aromatic N) is 2. The Morgan fingerprint density at radius 3 is 1.72 bits per heavy atom. The summed E-state index contributed by atoms with van der Waals surface area (Å²) in [6.07, 6.45) is -4.74. The molecular formula is C16H15F3N2O4. The average Bonchev–Trinajstić information content (AvgIpc) is 2.58. The summed E-state index contributed by atoms with van der Waals surface area (Å²) in [7, 11) is 4.42. The van der Waals surface area contributed by atoms with E-state index in [9.17, 15) is 13.2 Å². The van der Waals surface area contributed by atoms with Crippen LogP contribution in [0.25, 0.3) is 0 Å². The third-order valence-electron chi connectivity index (χ3n) is 3.00. The largest absolute Gasteiger partial charge is 0.573 e. The van der Waals surface area contributed by atoms with Crippen molar-refractivity contribution in [3.8, 4) is 23.0 Å². The van der Waals surface area contributed by atoms with Gasteiger partial charge in [-0.3, -0.25) is 0 Å². The topological polar surface area (TPSA) is 61.6 Å². The highest BCUT2D eigenvalue weighted by molar-refractivity contribution is 5.60. The molecule has 0 amide bonds. The van der Waals surface area contributed by atoms with Crippen LogP contribution in [-0.2, 0) is 0 Å². The highest BCUT2D eigenvalue weighted by atomic mass is 19.4. The summed E-state index contributed by atoms with van der Waals surface area (Å²) in [5, 5.41) is 7.98. The summed E-state index contributed by atoms with van der Waals surface area (Å²) >= 11 is 0. The van der Waals surface area contributed by atoms with Crippen molar-refractivity contribution in [1.82, 2.24) is 0 Å². The van der Waals surface area contributed by atoms with Crippen molar-refractivity contribution in [3.05, 3.63) is 36.4 Å². The van der Waals surface area contributed by atoms with E-state index in [2.05, 4.69) is 15.0 Å². The molecule has 2 aromatic rings. The maximum absolute atomic E-state index is 12.1. The molecule has 0 saturated carbocycles. The molecule has 0 aliphatic carbocycles. The van der Waals surface area contributed by atoms with Crippen LogP contribution in [0.5, 0.6) is 23.0 Å². The van der Waals surface area contributed by atoms with Crippen molar-refractivity contribution >= 4 is 11.4 Å². The molecular weight excluding hydrogens is 341 g/mol. The molecule has 134 valence electrons. The molecule has 25 heavy (non-hydrogen) atoms. The smallest absolute Gasteiger partial charge is 0.493 e. The average molecular weight is 356 g/mol. The molecule has 0 unspecified atom stereocenters. The van der Waals surface area contributed by atoms with Crippen LogP contribution in [0.2, 0.25) is 0 Å². The summed E-state index contributed by atoms with van der Waals surface area (Å²) in [6.45, 7) is 0. The number of ether oxygens (including phenoxy) is 4. The van der Waals surface area contributed by atoms with Crippen LogP contribution in [0.1, 0.15) is 0 Å². The van der Waals surface area contributed by atoms with Crippen molar-refractivity contribution in [2.45, 2.75) is 6.36 Å². The zero-order chi connectivity index (χ0) is 18.4. The summed E-state index contributed by atoms with van der Waals surface area (Å²) in [6, 6.07) is 8.18. The Labute approximate surface area is 141 Å². The lowest BCUT2D eigenvalue weighted by atomic mass is 10.2. The van der Waals surface area contributed by atoms with Crippen molar-refractivity contribution in [2.24, 2.45) is 10.2 Å². The second-order valence-corrected chi connectivity index (χ2v) is 4.63. The summed E-state index contributed by atoms with van der Waals surface area (Å²) in [4.78, 5) is 0. The Morgan fingerprint density at radius 1 is 0.760 bits per heavy atom. The van der Waals surface area contributed by atoms with Crippen molar-refractivity contribution < 1.29 is 32.1 Å². The van der Waals surface area contributed by atoms with Crippen molar-refractivity contribution in [1.29, 1.82) is 0 Å². The quantitative estimate of drug-likeness (QED) is 0.681. The lowest BCUT2D eigenvalue weighted by Crippen LogP contribution is -2.16. The number of hydrogen-bond acceptors (Lipinski definition) is 6. The van der Waals surface area contributed by atoms with Crippen LogP contribution in [-0.4, -0.2) is 27.7 Å². The first-order chi connectivity index (χ1) is 11.9. The molecule has 0 aromatic heterocycles. The van der Waals surface area contributed by atoms with Crippen molar-refractivity contribution in [2.75, 3.05) is 21.3 Å². The van der Waals surface area contributed by atoms with Gasteiger partial charge >= 0.3 is 6.36 Å². The van der Waals surface area contributed by atoms with Crippen LogP contribution >= 0.6 is 0 Å². The van der Waals surface area contributed by atoms with Gasteiger partial charge in [0.1, 0.15) is 5.75 Å². The molecule has 0 aliphatic heterocycles. The molecule has 2 aromatic carbocycles. The number of benzene rings is 2. The van der Waals surface area contributed by atoms with E-state index in [-0.39, 0.29) is 5.75 Å². The lowest BCUT2D eigenvalue weighted by molar-refractivity contribution is -0.274. The second-order valence-electron chi connectivity index (χ2n) is 4.63. The van der Waals surface area contributed by atoms with E-state index in [1.165, 1.54) is 33.5 Å². The fraction of sp³-hybridized carbons (Fsp3) is 0.250. The molecule has 0 N–H and O–H groups in total. The maximum Gasteiger partial charge on any atom is 0.573 e. The molecule has 6 nitrogen and oxygen atoms in total. The van der Waals surface area contributed by atoms with E-state index < -0.39 is 6.36 Å². The number of azo groups is 1. The molecule has 0 heterocycles. The van der Waals surface area contributed by atoms with E-state index in [1.54, 1.807) is 12.1 Å². The van der Waals surface area contributed by atoms with Crippen LogP contribution in [0.3, 0.4) is 0 Å². The van der Waals surface area contributed by atoms with Gasteiger partial charge in [-0.25, -0.2) is 0 Å². The predicted molar refractivity (Wildman–Crippen MR) is 83.4 cm³/mol. The predicted octanol–water partition coefficient (Wildman–Crippen LogP) is 5.03. The van der Waals surface area contributed by atoms with E-state index in [4.69, 9.17) is 14.2 Å². The molecule has 0 atom stereocenters. The zero-order valence-electron chi connectivity index (χ0n) is 13.6. The molecule has 0 saturated heterocycles. The summed E-state index contributed by atoms with van der Waals surface area (Å²) in [5.41, 5.74) is 0.772. The van der Waals surface area contributed by atoms with Crippen molar-refractivity contribution in [3.63, 3.8) is 0 Å². The Kier molecular flexibility index (Phi) is 5.68. The highest BCUT2D eigenvalue weighted by Gasteiger charge is 2.30. The van der Waals surface area contributed by atoms with Gasteiger partial charge in [0.2, 0.25) is 5.75 Å². The molecule has 0 radical (unpaired) electrons. The van der Waals surface area contributed by atoms with Gasteiger partial charge < -0.3 is 18.9 Å². The third-order valence-corrected chi connectivity index (χ3v) is 3.00. The lowest BCUT2D eigenvalue weighted by Gasteiger charge is -2.12. The second kappa shape index (κ2) is 7.73. The molecule has 9 heteroatoms. The van der Waals surface area contributed by atoms with E-state index in [1.807, 2.05) is 0 Å². The van der Waals surface area contributed by atoms with Crippen LogP contribution in [0, 0.1) is 0 Å². The monoisotopic (exact) mass is 356 g/mol. The number of alkyl halides is 3. The van der Waals surface area contributed by atoms with Gasteiger partial charge in [0, 0.05) is 12.1 Å². The number of methoxy groups -OCH3 is 3. The van der Waals surface area contributed by atoms with E-state index in [0.29, 0.717) is 28.6 Å². The number of halogens is 3. The summed E-state index contributed by atoms with van der Waals surface area (Å²) < 4.78 is 55.7. The standard InChI is InChI=1S/C16H15F3N2O4/c1-22-13-8-11(9-14(23-2)15(13)24-3)21-20-10-4-6-12(7-5-10)25-16(17,18)19/h4-9H,1-3H3. The van der Waals surface area contributed by atoms with Crippen LogP contribution < -0.4 is 18.9 Å². The molecule has 0 bridgehead atoms. The van der Waals surface area contributed by atoms with Crippen LogP contribution in [0.15, 0.2) is 46.6 Å². The molecule has 0 aliphatic rings. The minimum Gasteiger partial charge on any atom is -0.493 e. The minimum atomic E-state index is -4.74. The molecule has 0 fully saturated rings. The number of hydrogen-bond donors (Lipinski definition) is 0. The fourth-order valence-corrected chi connectivity index (χ4v) is 1.95. The van der Waals surface area contributed by atoms with E-state index in [0.717, 1.165) is 12.1 Å². The van der Waals surface area contributed by atoms with Gasteiger partial charge in [0.25, 0.3) is 0 Å².